The molecule has 9 heteroatoms. The molecule has 0 aliphatic heterocycles. The van der Waals surface area contributed by atoms with Crippen LogP contribution in [0.1, 0.15) is 9.67 Å². The van der Waals surface area contributed by atoms with Crippen LogP contribution >= 0.6 is 46.3 Å². The maximum absolute atomic E-state index is 12.5. The molecule has 4 rings (SSSR count). The summed E-state index contributed by atoms with van der Waals surface area (Å²) in [6.07, 6.45) is 0. The first-order valence-corrected chi connectivity index (χ1v) is 11.4. The van der Waals surface area contributed by atoms with Gasteiger partial charge in [-0.05, 0) is 30.3 Å². The first-order chi connectivity index (χ1) is 14.6. The minimum atomic E-state index is -0.0134. The third kappa shape index (κ3) is 4.39. The molecule has 0 aliphatic rings. The van der Waals surface area contributed by atoms with Crippen molar-refractivity contribution in [2.24, 2.45) is 0 Å². The molecular weight excluding hydrogens is 461 g/mol. The average molecular weight is 476 g/mol. The van der Waals surface area contributed by atoms with Crippen molar-refractivity contribution in [3.63, 3.8) is 0 Å². The highest BCUT2D eigenvalue weighted by atomic mass is 35.5. The lowest BCUT2D eigenvalue weighted by atomic mass is 10.2. The Morgan fingerprint density at radius 3 is 2.57 bits per heavy atom. The Bertz CT molecular complexity index is 1190. The Balaban J connectivity index is 1.71. The van der Waals surface area contributed by atoms with Crippen molar-refractivity contribution in [3.8, 4) is 22.8 Å². The number of carbonyl (C=O) groups is 1. The average Bonchev–Trinajstić information content (AvgIpc) is 3.39. The highest BCUT2D eigenvalue weighted by Gasteiger charge is 2.19. The molecule has 152 valence electrons. The number of methoxy groups -OCH3 is 1. The standard InChI is InChI=1S/C21H15Cl2N3O2S2/c1-28-17-8-7-14(11-15(17)22)26-20(13-5-3-2-4-6-13)24-25-21(26)29-12-16(27)18-9-10-19(23)30-18/h2-11H,12H2,1H3. The molecule has 2 aromatic heterocycles. The molecular formula is C21H15Cl2N3O2S2. The zero-order chi connectivity index (χ0) is 21.1. The van der Waals surface area contributed by atoms with Crippen molar-refractivity contribution in [2.75, 3.05) is 12.9 Å². The van der Waals surface area contributed by atoms with Gasteiger partial charge in [-0.3, -0.25) is 9.36 Å². The molecule has 0 atom stereocenters. The normalized spacial score (nSPS) is 10.9. The predicted molar refractivity (Wildman–Crippen MR) is 123 cm³/mol. The zero-order valence-corrected chi connectivity index (χ0v) is 18.9. The summed E-state index contributed by atoms with van der Waals surface area (Å²) >= 11 is 14.9. The number of carbonyl (C=O) groups excluding carboxylic acids is 1. The van der Waals surface area contributed by atoms with Gasteiger partial charge >= 0.3 is 0 Å². The molecule has 4 aromatic rings. The Hall–Kier alpha value is -2.32. The van der Waals surface area contributed by atoms with E-state index in [-0.39, 0.29) is 11.5 Å². The van der Waals surface area contributed by atoms with Gasteiger partial charge in [0.1, 0.15) is 5.75 Å². The summed E-state index contributed by atoms with van der Waals surface area (Å²) in [5.74, 6) is 1.44. The van der Waals surface area contributed by atoms with Crippen molar-refractivity contribution in [1.29, 1.82) is 0 Å². The summed E-state index contributed by atoms with van der Waals surface area (Å²) < 4.78 is 7.74. The fourth-order valence-corrected chi connectivity index (χ4v) is 4.99. The summed E-state index contributed by atoms with van der Waals surface area (Å²) in [4.78, 5) is 13.1. The van der Waals surface area contributed by atoms with Gasteiger partial charge in [-0.15, -0.1) is 21.5 Å². The third-order valence-corrected chi connectivity index (χ3v) is 6.74. The summed E-state index contributed by atoms with van der Waals surface area (Å²) in [7, 11) is 1.57. The maximum atomic E-state index is 12.5. The molecule has 0 spiro atoms. The lowest BCUT2D eigenvalue weighted by molar-refractivity contribution is 0.102. The van der Waals surface area contributed by atoms with Crippen LogP contribution in [-0.2, 0) is 0 Å². The van der Waals surface area contributed by atoms with Gasteiger partial charge < -0.3 is 4.74 Å². The second-order valence-electron chi connectivity index (χ2n) is 6.14. The third-order valence-electron chi connectivity index (χ3n) is 4.24. The van der Waals surface area contributed by atoms with Crippen molar-refractivity contribution in [1.82, 2.24) is 14.8 Å². The van der Waals surface area contributed by atoms with Gasteiger partial charge in [-0.25, -0.2) is 0 Å². The summed E-state index contributed by atoms with van der Waals surface area (Å²) in [6.45, 7) is 0. The number of thiophene rings is 1. The van der Waals surface area contributed by atoms with E-state index in [4.69, 9.17) is 27.9 Å². The van der Waals surface area contributed by atoms with E-state index < -0.39 is 0 Å². The van der Waals surface area contributed by atoms with E-state index >= 15 is 0 Å². The molecule has 0 saturated heterocycles. The number of rotatable bonds is 7. The van der Waals surface area contributed by atoms with E-state index in [0.29, 0.717) is 31.0 Å². The van der Waals surface area contributed by atoms with Gasteiger partial charge in [0.2, 0.25) is 0 Å². The molecule has 0 aliphatic carbocycles. The fourth-order valence-electron chi connectivity index (χ4n) is 2.83. The van der Waals surface area contributed by atoms with E-state index in [1.54, 1.807) is 31.4 Å². The second-order valence-corrected chi connectivity index (χ2v) is 9.21. The summed E-state index contributed by atoms with van der Waals surface area (Å²) in [5, 5.41) is 9.78. The van der Waals surface area contributed by atoms with E-state index in [1.165, 1.54) is 23.1 Å². The van der Waals surface area contributed by atoms with Gasteiger partial charge in [-0.1, -0.05) is 65.3 Å². The molecule has 30 heavy (non-hydrogen) atoms. The SMILES string of the molecule is COc1ccc(-n2c(SCC(=O)c3ccc(Cl)s3)nnc2-c2ccccc2)cc1Cl. The van der Waals surface area contributed by atoms with E-state index in [9.17, 15) is 4.79 Å². The lowest BCUT2D eigenvalue weighted by Crippen LogP contribution is -2.04. The Labute approximate surface area is 191 Å². The van der Waals surface area contributed by atoms with Crippen molar-refractivity contribution in [3.05, 3.63) is 74.9 Å². The van der Waals surface area contributed by atoms with Gasteiger partial charge in [0.05, 0.1) is 32.8 Å². The lowest BCUT2D eigenvalue weighted by Gasteiger charge is -2.12. The maximum Gasteiger partial charge on any atom is 0.196 e. The quantitative estimate of drug-likeness (QED) is 0.232. The Morgan fingerprint density at radius 1 is 1.10 bits per heavy atom. The fraction of sp³-hybridized carbons (Fsp3) is 0.0952. The van der Waals surface area contributed by atoms with Crippen LogP contribution in [0.15, 0.2) is 65.8 Å². The summed E-state index contributed by atoms with van der Waals surface area (Å²) in [6, 6.07) is 18.6. The second kappa shape index (κ2) is 9.22. The number of hydrogen-bond acceptors (Lipinski definition) is 6. The number of benzene rings is 2. The molecule has 0 saturated carbocycles. The molecule has 0 radical (unpaired) electrons. The number of halogens is 2. The van der Waals surface area contributed by atoms with Gasteiger partial charge in [0.25, 0.3) is 0 Å². The van der Waals surface area contributed by atoms with Crippen LogP contribution in [0.5, 0.6) is 5.75 Å². The van der Waals surface area contributed by atoms with Crippen molar-refractivity contribution in [2.45, 2.75) is 5.16 Å². The molecule has 0 amide bonds. The monoisotopic (exact) mass is 475 g/mol. The molecule has 0 bridgehead atoms. The van der Waals surface area contributed by atoms with Crippen LogP contribution < -0.4 is 4.74 Å². The summed E-state index contributed by atoms with van der Waals surface area (Å²) in [5.41, 5.74) is 1.68. The Kier molecular flexibility index (Phi) is 6.43. The van der Waals surface area contributed by atoms with Crippen LogP contribution in [0.3, 0.4) is 0 Å². The highest BCUT2D eigenvalue weighted by Crippen LogP contribution is 2.33. The van der Waals surface area contributed by atoms with E-state index in [0.717, 1.165) is 11.3 Å². The van der Waals surface area contributed by atoms with Gasteiger partial charge in [-0.2, -0.15) is 0 Å². The van der Waals surface area contributed by atoms with Crippen LogP contribution in [0.25, 0.3) is 17.1 Å². The Morgan fingerprint density at radius 2 is 1.90 bits per heavy atom. The molecule has 2 aromatic carbocycles. The van der Waals surface area contributed by atoms with Crippen LogP contribution in [0.4, 0.5) is 0 Å². The van der Waals surface area contributed by atoms with Gasteiger partial charge in [0, 0.05) is 5.56 Å². The number of nitrogens with zero attached hydrogens (tertiary/aromatic N) is 3. The molecule has 0 fully saturated rings. The number of ether oxygens (including phenoxy) is 1. The minimum absolute atomic E-state index is 0.0134. The molecule has 2 heterocycles. The first kappa shape index (κ1) is 20.9. The number of aromatic nitrogens is 3. The largest absolute Gasteiger partial charge is 0.495 e. The topological polar surface area (TPSA) is 57.0 Å². The number of thioether (sulfide) groups is 1. The highest BCUT2D eigenvalue weighted by molar-refractivity contribution is 7.99. The van der Waals surface area contributed by atoms with Crippen molar-refractivity contribution < 1.29 is 9.53 Å². The molecule has 5 nitrogen and oxygen atoms in total. The first-order valence-electron chi connectivity index (χ1n) is 8.83. The van der Waals surface area contributed by atoms with E-state index in [2.05, 4.69) is 10.2 Å². The van der Waals surface area contributed by atoms with Crippen LogP contribution in [-0.4, -0.2) is 33.4 Å². The number of Topliss-reactive ketones (excluding diaryl/α,β-unsaturated/α-hetero) is 1. The number of hydrogen-bond donors (Lipinski definition) is 0. The minimum Gasteiger partial charge on any atom is -0.495 e. The molecule has 0 N–H and O–H groups in total. The number of ketones is 1. The van der Waals surface area contributed by atoms with Crippen LogP contribution in [0.2, 0.25) is 9.36 Å². The zero-order valence-electron chi connectivity index (χ0n) is 15.7. The van der Waals surface area contributed by atoms with Crippen LogP contribution in [0, 0.1) is 0 Å². The smallest absolute Gasteiger partial charge is 0.196 e. The molecule has 0 unspecified atom stereocenters. The van der Waals surface area contributed by atoms with Gasteiger partial charge in [0.15, 0.2) is 16.8 Å². The van der Waals surface area contributed by atoms with E-state index in [1.807, 2.05) is 41.0 Å². The predicted octanol–water partition coefficient (Wildman–Crippen LogP) is 6.29. The van der Waals surface area contributed by atoms with Crippen molar-refractivity contribution >= 4 is 52.1 Å².